The summed E-state index contributed by atoms with van der Waals surface area (Å²) < 4.78 is 27.7. The van der Waals surface area contributed by atoms with Crippen LogP contribution in [0.1, 0.15) is 47.8 Å². The summed E-state index contributed by atoms with van der Waals surface area (Å²) >= 11 is 1.52. The monoisotopic (exact) mass is 332 g/mol. The molecule has 2 aromatic carbocycles. The Labute approximate surface area is 138 Å². The van der Waals surface area contributed by atoms with Crippen LogP contribution in [0.4, 0.5) is 8.78 Å². The van der Waals surface area contributed by atoms with E-state index >= 15 is 0 Å². The van der Waals surface area contributed by atoms with E-state index in [1.165, 1.54) is 29.0 Å². The van der Waals surface area contributed by atoms with Crippen molar-refractivity contribution in [1.29, 1.82) is 0 Å². The van der Waals surface area contributed by atoms with E-state index in [-0.39, 0.29) is 11.0 Å². The molecule has 0 saturated carbocycles. The summed E-state index contributed by atoms with van der Waals surface area (Å²) in [6, 6.07) is 6.63. The van der Waals surface area contributed by atoms with E-state index < -0.39 is 17.7 Å². The lowest BCUT2D eigenvalue weighted by Crippen LogP contribution is -2.09. The van der Waals surface area contributed by atoms with E-state index in [9.17, 15) is 13.9 Å². The third-order valence-electron chi connectivity index (χ3n) is 4.89. The molecule has 23 heavy (non-hydrogen) atoms. The molecular weight excluding hydrogens is 314 g/mol. The number of aliphatic hydroxyl groups is 1. The summed E-state index contributed by atoms with van der Waals surface area (Å²) in [7, 11) is 0. The predicted octanol–water partition coefficient (Wildman–Crippen LogP) is 4.78. The van der Waals surface area contributed by atoms with Crippen molar-refractivity contribution in [3.05, 3.63) is 63.7 Å². The van der Waals surface area contributed by atoms with Crippen LogP contribution >= 0.6 is 11.8 Å². The first kappa shape index (κ1) is 15.2. The molecule has 0 spiro atoms. The second-order valence-electron chi connectivity index (χ2n) is 7.26. The predicted molar refractivity (Wildman–Crippen MR) is 87.6 cm³/mol. The summed E-state index contributed by atoms with van der Waals surface area (Å²) in [4.78, 5) is 1.05. The number of aliphatic hydroxyl groups excluding tert-OH is 1. The minimum atomic E-state index is -0.904. The molecule has 4 heteroatoms. The van der Waals surface area contributed by atoms with Crippen LogP contribution in [0.5, 0.6) is 0 Å². The number of benzene rings is 2. The SMILES string of the molecule is CC1(C)Cc2ccc3c(c2C1)SCc1c(ccc(F)c1F)C3O. The van der Waals surface area contributed by atoms with Gasteiger partial charge in [-0.1, -0.05) is 32.0 Å². The van der Waals surface area contributed by atoms with Crippen LogP contribution in [0.25, 0.3) is 0 Å². The van der Waals surface area contributed by atoms with Gasteiger partial charge in [-0.3, -0.25) is 0 Å². The zero-order valence-electron chi connectivity index (χ0n) is 13.1. The molecule has 0 bridgehead atoms. The summed E-state index contributed by atoms with van der Waals surface area (Å²) in [5.74, 6) is -1.34. The first-order valence-electron chi connectivity index (χ1n) is 7.80. The molecule has 0 fully saturated rings. The lowest BCUT2D eigenvalue weighted by molar-refractivity contribution is 0.216. The Morgan fingerprint density at radius 2 is 1.78 bits per heavy atom. The first-order chi connectivity index (χ1) is 10.9. The summed E-state index contributed by atoms with van der Waals surface area (Å²) in [5, 5.41) is 10.8. The largest absolute Gasteiger partial charge is 0.384 e. The van der Waals surface area contributed by atoms with Gasteiger partial charge in [-0.05, 0) is 46.6 Å². The Bertz CT molecular complexity index is 814. The van der Waals surface area contributed by atoms with Gasteiger partial charge in [0.1, 0.15) is 6.10 Å². The van der Waals surface area contributed by atoms with Crippen molar-refractivity contribution in [2.45, 2.75) is 43.4 Å². The third kappa shape index (κ3) is 2.31. The normalized spacial score (nSPS) is 21.3. The van der Waals surface area contributed by atoms with Crippen LogP contribution in [0.2, 0.25) is 0 Å². The maximum Gasteiger partial charge on any atom is 0.163 e. The molecule has 1 heterocycles. The van der Waals surface area contributed by atoms with Gasteiger partial charge >= 0.3 is 0 Å². The van der Waals surface area contributed by atoms with Gasteiger partial charge in [-0.2, -0.15) is 0 Å². The molecule has 4 rings (SSSR count). The number of fused-ring (bicyclic) bond motifs is 4. The van der Waals surface area contributed by atoms with Crippen molar-refractivity contribution in [3.63, 3.8) is 0 Å². The van der Waals surface area contributed by atoms with Crippen LogP contribution in [-0.2, 0) is 18.6 Å². The fraction of sp³-hybridized carbons (Fsp3) is 0.368. The van der Waals surface area contributed by atoms with Crippen molar-refractivity contribution < 1.29 is 13.9 Å². The van der Waals surface area contributed by atoms with E-state index in [1.54, 1.807) is 0 Å². The average molecular weight is 332 g/mol. The van der Waals surface area contributed by atoms with Crippen molar-refractivity contribution in [2.75, 3.05) is 0 Å². The molecule has 0 radical (unpaired) electrons. The molecule has 1 unspecified atom stereocenters. The van der Waals surface area contributed by atoms with Gasteiger partial charge in [-0.25, -0.2) is 8.78 Å². The molecule has 120 valence electrons. The second-order valence-corrected chi connectivity index (χ2v) is 8.25. The number of rotatable bonds is 0. The van der Waals surface area contributed by atoms with Crippen molar-refractivity contribution in [1.82, 2.24) is 0 Å². The Kier molecular flexibility index (Phi) is 3.33. The highest BCUT2D eigenvalue weighted by atomic mass is 32.2. The molecule has 0 amide bonds. The van der Waals surface area contributed by atoms with E-state index in [2.05, 4.69) is 19.9 Å². The van der Waals surface area contributed by atoms with Gasteiger partial charge in [0, 0.05) is 16.2 Å². The standard InChI is InChI=1S/C19H18F2OS/c1-19(2)7-10-3-4-12-17(22)11-5-6-15(20)16(21)14(11)9-23-18(12)13(10)8-19/h3-6,17,22H,7-9H2,1-2H3. The smallest absolute Gasteiger partial charge is 0.163 e. The molecule has 1 N–H and O–H groups in total. The Balaban J connectivity index is 1.88. The third-order valence-corrected chi connectivity index (χ3v) is 6.10. The summed E-state index contributed by atoms with van der Waals surface area (Å²) in [5.41, 5.74) is 4.36. The lowest BCUT2D eigenvalue weighted by atomic mass is 9.90. The van der Waals surface area contributed by atoms with Crippen LogP contribution in [-0.4, -0.2) is 5.11 Å². The van der Waals surface area contributed by atoms with Crippen LogP contribution in [0.15, 0.2) is 29.2 Å². The van der Waals surface area contributed by atoms with Gasteiger partial charge in [0.05, 0.1) is 0 Å². The van der Waals surface area contributed by atoms with E-state index in [4.69, 9.17) is 0 Å². The van der Waals surface area contributed by atoms with E-state index in [0.29, 0.717) is 11.3 Å². The second kappa shape index (κ2) is 5.05. The van der Waals surface area contributed by atoms with Gasteiger partial charge in [0.2, 0.25) is 0 Å². The Morgan fingerprint density at radius 3 is 2.57 bits per heavy atom. The topological polar surface area (TPSA) is 20.2 Å². The number of thioether (sulfide) groups is 1. The minimum absolute atomic E-state index is 0.208. The molecular formula is C19H18F2OS. The van der Waals surface area contributed by atoms with E-state index in [0.717, 1.165) is 29.4 Å². The highest BCUT2D eigenvalue weighted by molar-refractivity contribution is 7.98. The molecule has 2 aromatic rings. The van der Waals surface area contributed by atoms with Gasteiger partial charge in [-0.15, -0.1) is 11.8 Å². The van der Waals surface area contributed by atoms with E-state index in [1.807, 2.05) is 6.07 Å². The fourth-order valence-corrected chi connectivity index (χ4v) is 5.12. The van der Waals surface area contributed by atoms with Gasteiger partial charge < -0.3 is 5.11 Å². The number of hydrogen-bond donors (Lipinski definition) is 1. The zero-order chi connectivity index (χ0) is 16.4. The van der Waals surface area contributed by atoms with Crippen LogP contribution in [0.3, 0.4) is 0 Å². The quantitative estimate of drug-likeness (QED) is 0.749. The highest BCUT2D eigenvalue weighted by Crippen LogP contribution is 2.47. The zero-order valence-corrected chi connectivity index (χ0v) is 13.9. The van der Waals surface area contributed by atoms with Gasteiger partial charge in [0.15, 0.2) is 11.6 Å². The first-order valence-corrected chi connectivity index (χ1v) is 8.78. The average Bonchev–Trinajstić information content (AvgIpc) is 2.73. The summed E-state index contributed by atoms with van der Waals surface area (Å²) in [6.45, 7) is 4.47. The molecule has 0 saturated heterocycles. The molecule has 1 aliphatic heterocycles. The highest BCUT2D eigenvalue weighted by Gasteiger charge is 2.34. The van der Waals surface area contributed by atoms with Crippen molar-refractivity contribution in [2.24, 2.45) is 5.41 Å². The Morgan fingerprint density at radius 1 is 1.04 bits per heavy atom. The molecule has 2 aliphatic rings. The molecule has 1 atom stereocenters. The van der Waals surface area contributed by atoms with Gasteiger partial charge in [0.25, 0.3) is 0 Å². The van der Waals surface area contributed by atoms with Crippen LogP contribution < -0.4 is 0 Å². The number of hydrogen-bond acceptors (Lipinski definition) is 2. The van der Waals surface area contributed by atoms with Crippen molar-refractivity contribution in [3.8, 4) is 0 Å². The van der Waals surface area contributed by atoms with Crippen molar-refractivity contribution >= 4 is 11.8 Å². The maximum atomic E-state index is 14.2. The molecule has 1 aliphatic carbocycles. The molecule has 0 aromatic heterocycles. The lowest BCUT2D eigenvalue weighted by Gasteiger charge is -2.17. The fourth-order valence-electron chi connectivity index (χ4n) is 3.81. The Hall–Kier alpha value is -1.39. The van der Waals surface area contributed by atoms with Crippen LogP contribution in [0, 0.1) is 17.0 Å². The summed E-state index contributed by atoms with van der Waals surface area (Å²) in [6.07, 6.45) is 1.07. The minimum Gasteiger partial charge on any atom is -0.384 e. The molecule has 1 nitrogen and oxygen atoms in total. The maximum absolute atomic E-state index is 14.2. The number of halogens is 2.